The molecule has 2 aliphatic rings. The molecule has 2 aromatic rings. The monoisotopic (exact) mass is 405 g/mol. The maximum absolute atomic E-state index is 13.2. The lowest BCUT2D eigenvalue weighted by Gasteiger charge is -2.30. The summed E-state index contributed by atoms with van der Waals surface area (Å²) in [7, 11) is -3.23. The van der Waals surface area contributed by atoms with Crippen molar-refractivity contribution in [2.75, 3.05) is 25.9 Å². The minimum Gasteiger partial charge on any atom is -0.330 e. The number of fused-ring (bicyclic) bond motifs is 1. The standard InChI is InChI=1S/C19H23N3O3S2/c1-12-6-4-5-7-15(12)18-16-10-21(27(3,24)25)8-14(16)9-22(18)19(23)17-11-26-13(2)20-17/h4-7,11,14,16,18H,8-10H2,1-3H3/t14-,16-,18-/m0/s1. The molecule has 4 rings (SSSR count). The summed E-state index contributed by atoms with van der Waals surface area (Å²) in [5.74, 6) is 0.186. The van der Waals surface area contributed by atoms with E-state index in [2.05, 4.69) is 11.1 Å². The molecule has 0 radical (unpaired) electrons. The Labute approximate surface area is 163 Å². The van der Waals surface area contributed by atoms with Crippen LogP contribution in [0.5, 0.6) is 0 Å². The highest BCUT2D eigenvalue weighted by Gasteiger charge is 2.51. The molecule has 0 saturated carbocycles. The number of hydrogen-bond donors (Lipinski definition) is 0. The maximum Gasteiger partial charge on any atom is 0.273 e. The van der Waals surface area contributed by atoms with Crippen LogP contribution in [-0.4, -0.2) is 54.4 Å². The third kappa shape index (κ3) is 3.30. The van der Waals surface area contributed by atoms with Crippen molar-refractivity contribution in [3.8, 4) is 0 Å². The van der Waals surface area contributed by atoms with Gasteiger partial charge in [0.15, 0.2) is 0 Å². The van der Waals surface area contributed by atoms with Gasteiger partial charge in [-0.2, -0.15) is 0 Å². The molecule has 2 fully saturated rings. The first-order valence-corrected chi connectivity index (χ1v) is 11.7. The molecule has 6 nitrogen and oxygen atoms in total. The largest absolute Gasteiger partial charge is 0.330 e. The number of aryl methyl sites for hydroxylation is 2. The molecule has 0 spiro atoms. The Morgan fingerprint density at radius 1 is 1.19 bits per heavy atom. The summed E-state index contributed by atoms with van der Waals surface area (Å²) >= 11 is 1.47. The van der Waals surface area contributed by atoms with Crippen molar-refractivity contribution >= 4 is 27.3 Å². The van der Waals surface area contributed by atoms with Crippen molar-refractivity contribution < 1.29 is 13.2 Å². The number of aromatic nitrogens is 1. The van der Waals surface area contributed by atoms with Crippen molar-refractivity contribution in [1.82, 2.24) is 14.2 Å². The minimum atomic E-state index is -3.23. The van der Waals surface area contributed by atoms with Crippen LogP contribution in [0.15, 0.2) is 29.6 Å². The van der Waals surface area contributed by atoms with Crippen molar-refractivity contribution in [2.45, 2.75) is 19.9 Å². The van der Waals surface area contributed by atoms with Crippen LogP contribution in [0.1, 0.15) is 32.7 Å². The van der Waals surface area contributed by atoms with Crippen molar-refractivity contribution in [2.24, 2.45) is 11.8 Å². The summed E-state index contributed by atoms with van der Waals surface area (Å²) in [6.07, 6.45) is 1.26. The molecule has 0 bridgehead atoms. The van der Waals surface area contributed by atoms with E-state index in [1.54, 1.807) is 4.31 Å². The second kappa shape index (κ2) is 6.68. The zero-order valence-corrected chi connectivity index (χ0v) is 17.3. The quantitative estimate of drug-likeness (QED) is 0.787. The van der Waals surface area contributed by atoms with Crippen molar-refractivity contribution in [1.29, 1.82) is 0 Å². The van der Waals surface area contributed by atoms with Gasteiger partial charge >= 0.3 is 0 Å². The maximum atomic E-state index is 13.2. The van der Waals surface area contributed by atoms with Gasteiger partial charge in [0.2, 0.25) is 10.0 Å². The third-order valence-electron chi connectivity index (χ3n) is 5.71. The van der Waals surface area contributed by atoms with Crippen molar-refractivity contribution in [3.05, 3.63) is 51.5 Å². The van der Waals surface area contributed by atoms with E-state index in [-0.39, 0.29) is 23.8 Å². The number of benzene rings is 1. The fourth-order valence-electron chi connectivity index (χ4n) is 4.41. The first-order valence-electron chi connectivity index (χ1n) is 8.99. The molecule has 3 atom stereocenters. The van der Waals surface area contributed by atoms with Gasteiger partial charge in [-0.3, -0.25) is 4.79 Å². The fraction of sp³-hybridized carbons (Fsp3) is 0.474. The summed E-state index contributed by atoms with van der Waals surface area (Å²) in [6, 6.07) is 7.94. The van der Waals surface area contributed by atoms with E-state index in [1.165, 1.54) is 17.6 Å². The minimum absolute atomic E-state index is 0.0621. The Kier molecular flexibility index (Phi) is 4.60. The van der Waals surface area contributed by atoms with Gasteiger partial charge in [-0.15, -0.1) is 11.3 Å². The van der Waals surface area contributed by atoms with Crippen LogP contribution in [0.25, 0.3) is 0 Å². The second-order valence-corrected chi connectivity index (χ2v) is 10.6. The summed E-state index contributed by atoms with van der Waals surface area (Å²) in [5, 5.41) is 2.68. The highest BCUT2D eigenvalue weighted by atomic mass is 32.2. The van der Waals surface area contributed by atoms with E-state index >= 15 is 0 Å². The van der Waals surface area contributed by atoms with E-state index in [4.69, 9.17) is 0 Å². The van der Waals surface area contributed by atoms with Crippen LogP contribution in [0.2, 0.25) is 0 Å². The van der Waals surface area contributed by atoms with Crippen LogP contribution in [0, 0.1) is 25.7 Å². The lowest BCUT2D eigenvalue weighted by Crippen LogP contribution is -2.37. The fourth-order valence-corrected chi connectivity index (χ4v) is 5.90. The first kappa shape index (κ1) is 18.6. The highest BCUT2D eigenvalue weighted by Crippen LogP contribution is 2.46. The molecule has 144 valence electrons. The van der Waals surface area contributed by atoms with E-state index in [0.29, 0.717) is 25.3 Å². The van der Waals surface area contributed by atoms with Gasteiger partial charge in [-0.25, -0.2) is 17.7 Å². The molecule has 2 aliphatic heterocycles. The van der Waals surface area contributed by atoms with Gasteiger partial charge in [0.25, 0.3) is 5.91 Å². The number of nitrogens with zero attached hydrogens (tertiary/aromatic N) is 3. The molecule has 0 aliphatic carbocycles. The number of thiazole rings is 1. The Morgan fingerprint density at radius 3 is 2.56 bits per heavy atom. The number of carbonyl (C=O) groups is 1. The summed E-state index contributed by atoms with van der Waals surface area (Å²) < 4.78 is 25.7. The molecule has 1 aromatic carbocycles. The lowest BCUT2D eigenvalue weighted by atomic mass is 9.87. The predicted molar refractivity (Wildman–Crippen MR) is 105 cm³/mol. The number of carbonyl (C=O) groups excluding carboxylic acids is 1. The molecule has 0 unspecified atom stereocenters. The molecule has 3 heterocycles. The van der Waals surface area contributed by atoms with Crippen molar-refractivity contribution in [3.63, 3.8) is 0 Å². The second-order valence-electron chi connectivity index (χ2n) is 7.51. The number of rotatable bonds is 3. The number of likely N-dealkylation sites (tertiary alicyclic amines) is 1. The van der Waals surface area contributed by atoms with E-state index in [1.807, 2.05) is 42.3 Å². The van der Waals surface area contributed by atoms with Crippen LogP contribution < -0.4 is 0 Å². The SMILES string of the molecule is Cc1nc(C(=O)N2C[C@@H]3CN(S(C)(=O)=O)C[C@@H]3[C@@H]2c2ccccc2C)cs1. The normalized spacial score (nSPS) is 25.7. The van der Waals surface area contributed by atoms with Gasteiger partial charge in [-0.05, 0) is 30.9 Å². The smallest absolute Gasteiger partial charge is 0.273 e. The zero-order valence-electron chi connectivity index (χ0n) is 15.6. The van der Waals surface area contributed by atoms with E-state index in [0.717, 1.165) is 16.1 Å². The molecule has 0 N–H and O–H groups in total. The Bertz CT molecular complexity index is 986. The summed E-state index contributed by atoms with van der Waals surface area (Å²) in [4.78, 5) is 19.5. The molecule has 1 aromatic heterocycles. The zero-order chi connectivity index (χ0) is 19.3. The average Bonchev–Trinajstić information content (AvgIpc) is 3.28. The van der Waals surface area contributed by atoms with Gasteiger partial charge in [0, 0.05) is 30.9 Å². The number of sulfonamides is 1. The van der Waals surface area contributed by atoms with Gasteiger partial charge < -0.3 is 4.90 Å². The predicted octanol–water partition coefficient (Wildman–Crippen LogP) is 2.46. The van der Waals surface area contributed by atoms with Gasteiger partial charge in [0.05, 0.1) is 17.3 Å². The van der Waals surface area contributed by atoms with Gasteiger partial charge in [0.1, 0.15) is 5.69 Å². The molecular weight excluding hydrogens is 382 g/mol. The Hall–Kier alpha value is -1.77. The number of hydrogen-bond acceptors (Lipinski definition) is 5. The van der Waals surface area contributed by atoms with Crippen LogP contribution in [0.3, 0.4) is 0 Å². The molecule has 1 amide bonds. The van der Waals surface area contributed by atoms with Crippen LogP contribution >= 0.6 is 11.3 Å². The van der Waals surface area contributed by atoms with Gasteiger partial charge in [-0.1, -0.05) is 24.3 Å². The summed E-state index contributed by atoms with van der Waals surface area (Å²) in [6.45, 7) is 5.43. The number of amides is 1. The molecule has 8 heteroatoms. The Morgan fingerprint density at radius 2 is 1.93 bits per heavy atom. The van der Waals surface area contributed by atoms with Crippen LogP contribution in [0.4, 0.5) is 0 Å². The van der Waals surface area contributed by atoms with Crippen LogP contribution in [-0.2, 0) is 10.0 Å². The molecule has 27 heavy (non-hydrogen) atoms. The third-order valence-corrected chi connectivity index (χ3v) is 7.72. The lowest BCUT2D eigenvalue weighted by molar-refractivity contribution is 0.0703. The van der Waals surface area contributed by atoms with E-state index < -0.39 is 10.0 Å². The first-order chi connectivity index (χ1) is 12.8. The Balaban J connectivity index is 1.72. The topological polar surface area (TPSA) is 70.6 Å². The summed E-state index contributed by atoms with van der Waals surface area (Å²) in [5.41, 5.74) is 2.70. The average molecular weight is 406 g/mol. The highest BCUT2D eigenvalue weighted by molar-refractivity contribution is 7.88. The van der Waals surface area contributed by atoms with E-state index in [9.17, 15) is 13.2 Å². The molecule has 2 saturated heterocycles. The molecular formula is C19H23N3O3S2.